The average molecular weight is 384 g/mol. The van der Waals surface area contributed by atoms with Crippen LogP contribution >= 0.6 is 0 Å². The molecule has 1 heterocycles. The van der Waals surface area contributed by atoms with Crippen molar-refractivity contribution in [2.75, 3.05) is 47.1 Å². The first-order valence-electron chi connectivity index (χ1n) is 9.51. The molecule has 1 N–H and O–H groups in total. The third-order valence-corrected chi connectivity index (χ3v) is 5.14. The molecule has 6 heteroatoms. The summed E-state index contributed by atoms with van der Waals surface area (Å²) < 4.78 is 16.3. The van der Waals surface area contributed by atoms with Crippen LogP contribution in [0.3, 0.4) is 0 Å². The molecule has 0 aliphatic carbocycles. The van der Waals surface area contributed by atoms with Gasteiger partial charge in [-0.3, -0.25) is 9.69 Å². The van der Waals surface area contributed by atoms with Crippen molar-refractivity contribution < 1.29 is 19.0 Å². The van der Waals surface area contributed by atoms with E-state index in [9.17, 15) is 4.79 Å². The zero-order valence-corrected chi connectivity index (χ0v) is 16.7. The summed E-state index contributed by atoms with van der Waals surface area (Å²) in [5, 5.41) is 3.08. The highest BCUT2D eigenvalue weighted by Crippen LogP contribution is 2.29. The van der Waals surface area contributed by atoms with E-state index in [0.717, 1.165) is 18.7 Å². The molecule has 1 unspecified atom stereocenters. The van der Waals surface area contributed by atoms with Gasteiger partial charge < -0.3 is 19.5 Å². The van der Waals surface area contributed by atoms with Crippen molar-refractivity contribution in [3.05, 3.63) is 59.2 Å². The second-order valence-corrected chi connectivity index (χ2v) is 6.79. The fourth-order valence-corrected chi connectivity index (χ4v) is 3.53. The van der Waals surface area contributed by atoms with E-state index < -0.39 is 0 Å². The van der Waals surface area contributed by atoms with Crippen molar-refractivity contribution in [1.29, 1.82) is 0 Å². The molecule has 2 aromatic carbocycles. The fourth-order valence-electron chi connectivity index (χ4n) is 3.53. The number of rotatable bonds is 7. The Kier molecular flexibility index (Phi) is 6.90. The molecule has 1 aliphatic heterocycles. The molecule has 28 heavy (non-hydrogen) atoms. The van der Waals surface area contributed by atoms with Crippen LogP contribution in [0.2, 0.25) is 0 Å². The van der Waals surface area contributed by atoms with E-state index in [4.69, 9.17) is 14.2 Å². The Bertz CT molecular complexity index is 763. The van der Waals surface area contributed by atoms with Gasteiger partial charge in [0.15, 0.2) is 0 Å². The summed E-state index contributed by atoms with van der Waals surface area (Å²) in [6, 6.07) is 13.9. The van der Waals surface area contributed by atoms with Gasteiger partial charge in [-0.1, -0.05) is 30.3 Å². The number of morpholine rings is 1. The lowest BCUT2D eigenvalue weighted by Gasteiger charge is -2.35. The molecule has 0 bridgehead atoms. The normalized spacial score (nSPS) is 15.7. The molecule has 2 aromatic rings. The second-order valence-electron chi connectivity index (χ2n) is 6.79. The predicted molar refractivity (Wildman–Crippen MR) is 108 cm³/mol. The Balaban J connectivity index is 1.76. The van der Waals surface area contributed by atoms with Gasteiger partial charge in [0.25, 0.3) is 5.91 Å². The van der Waals surface area contributed by atoms with Gasteiger partial charge in [0.1, 0.15) is 11.5 Å². The van der Waals surface area contributed by atoms with Crippen LogP contribution in [0.25, 0.3) is 0 Å². The van der Waals surface area contributed by atoms with Gasteiger partial charge in [-0.2, -0.15) is 0 Å². The Labute approximate surface area is 166 Å². The Morgan fingerprint density at radius 2 is 1.71 bits per heavy atom. The van der Waals surface area contributed by atoms with Crippen LogP contribution in [-0.4, -0.2) is 57.9 Å². The van der Waals surface area contributed by atoms with Crippen LogP contribution in [0.1, 0.15) is 27.5 Å². The number of hydrogen-bond donors (Lipinski definition) is 1. The Morgan fingerprint density at radius 1 is 1.11 bits per heavy atom. The molecule has 1 aliphatic rings. The lowest BCUT2D eigenvalue weighted by molar-refractivity contribution is 0.0162. The smallest absolute Gasteiger partial charge is 0.251 e. The monoisotopic (exact) mass is 384 g/mol. The number of amides is 1. The Morgan fingerprint density at radius 3 is 2.29 bits per heavy atom. The highest BCUT2D eigenvalue weighted by molar-refractivity contribution is 5.95. The molecular formula is C22H28N2O4. The fraction of sp³-hybridized carbons (Fsp3) is 0.409. The van der Waals surface area contributed by atoms with E-state index in [1.54, 1.807) is 26.4 Å². The quantitative estimate of drug-likeness (QED) is 0.795. The summed E-state index contributed by atoms with van der Waals surface area (Å²) in [6.45, 7) is 5.54. The molecule has 3 rings (SSSR count). The van der Waals surface area contributed by atoms with Crippen LogP contribution in [0.15, 0.2) is 42.5 Å². The number of nitrogens with one attached hydrogen (secondary N) is 1. The van der Waals surface area contributed by atoms with Crippen LogP contribution < -0.4 is 14.8 Å². The lowest BCUT2D eigenvalue weighted by atomic mass is 10.0. The van der Waals surface area contributed by atoms with E-state index >= 15 is 0 Å². The van der Waals surface area contributed by atoms with Crippen LogP contribution in [0, 0.1) is 6.92 Å². The van der Waals surface area contributed by atoms with Crippen molar-refractivity contribution in [3.8, 4) is 11.5 Å². The molecule has 0 saturated carbocycles. The van der Waals surface area contributed by atoms with Gasteiger partial charge in [-0.05, 0) is 24.6 Å². The molecule has 0 spiro atoms. The second kappa shape index (κ2) is 9.57. The highest BCUT2D eigenvalue weighted by atomic mass is 16.5. The van der Waals surface area contributed by atoms with E-state index in [-0.39, 0.29) is 11.9 Å². The van der Waals surface area contributed by atoms with Crippen molar-refractivity contribution in [2.45, 2.75) is 13.0 Å². The minimum atomic E-state index is -0.147. The third kappa shape index (κ3) is 4.64. The number of carbonyl (C=O) groups excluding carboxylic acids is 1. The van der Waals surface area contributed by atoms with Crippen molar-refractivity contribution in [1.82, 2.24) is 10.2 Å². The maximum Gasteiger partial charge on any atom is 0.251 e. The van der Waals surface area contributed by atoms with Gasteiger partial charge in [0, 0.05) is 30.8 Å². The van der Waals surface area contributed by atoms with E-state index in [1.807, 2.05) is 25.1 Å². The molecule has 1 amide bonds. The summed E-state index contributed by atoms with van der Waals surface area (Å²) in [5.41, 5.74) is 2.58. The largest absolute Gasteiger partial charge is 0.496 e. The van der Waals surface area contributed by atoms with Gasteiger partial charge in [0.2, 0.25) is 0 Å². The summed E-state index contributed by atoms with van der Waals surface area (Å²) in [7, 11) is 3.18. The predicted octanol–water partition coefficient (Wildman–Crippen LogP) is 2.82. The number of methoxy groups -OCH3 is 2. The van der Waals surface area contributed by atoms with E-state index in [0.29, 0.717) is 36.8 Å². The standard InChI is InChI=1S/C22H28N2O4/c1-16-20(26-2)13-18(14-21(16)27-3)22(25)23-15-19(17-7-5-4-6-8-17)24-9-11-28-12-10-24/h4-8,13-14,19H,9-12,15H2,1-3H3,(H,23,25). The minimum Gasteiger partial charge on any atom is -0.496 e. The lowest BCUT2D eigenvalue weighted by Crippen LogP contribution is -2.43. The van der Waals surface area contributed by atoms with Crippen LogP contribution in [0.5, 0.6) is 11.5 Å². The van der Waals surface area contributed by atoms with Crippen molar-refractivity contribution >= 4 is 5.91 Å². The molecule has 0 radical (unpaired) electrons. The molecule has 0 aromatic heterocycles. The van der Waals surface area contributed by atoms with Crippen LogP contribution in [-0.2, 0) is 4.74 Å². The number of ether oxygens (including phenoxy) is 3. The molecule has 1 fully saturated rings. The zero-order chi connectivity index (χ0) is 19.9. The number of benzene rings is 2. The highest BCUT2D eigenvalue weighted by Gasteiger charge is 2.23. The SMILES string of the molecule is COc1cc(C(=O)NCC(c2ccccc2)N2CCOCC2)cc(OC)c1C. The maximum absolute atomic E-state index is 12.8. The summed E-state index contributed by atoms with van der Waals surface area (Å²) >= 11 is 0. The van der Waals surface area contributed by atoms with Gasteiger partial charge in [-0.25, -0.2) is 0 Å². The molecule has 1 atom stereocenters. The number of carbonyl (C=O) groups is 1. The maximum atomic E-state index is 12.8. The first-order chi connectivity index (χ1) is 13.6. The van der Waals surface area contributed by atoms with Crippen LogP contribution in [0.4, 0.5) is 0 Å². The molecule has 150 valence electrons. The topological polar surface area (TPSA) is 60.0 Å². The van der Waals surface area contributed by atoms with Crippen molar-refractivity contribution in [2.24, 2.45) is 0 Å². The Hall–Kier alpha value is -2.57. The van der Waals surface area contributed by atoms with E-state index in [1.165, 1.54) is 5.56 Å². The van der Waals surface area contributed by atoms with E-state index in [2.05, 4.69) is 22.3 Å². The van der Waals surface area contributed by atoms with Gasteiger partial charge >= 0.3 is 0 Å². The van der Waals surface area contributed by atoms with Crippen molar-refractivity contribution in [3.63, 3.8) is 0 Å². The summed E-state index contributed by atoms with van der Waals surface area (Å²) in [6.07, 6.45) is 0. The minimum absolute atomic E-state index is 0.100. The first-order valence-corrected chi connectivity index (χ1v) is 9.51. The van der Waals surface area contributed by atoms with Gasteiger partial charge in [-0.15, -0.1) is 0 Å². The summed E-state index contributed by atoms with van der Waals surface area (Å²) in [5.74, 6) is 1.13. The number of nitrogens with zero attached hydrogens (tertiary/aromatic N) is 1. The number of hydrogen-bond acceptors (Lipinski definition) is 5. The third-order valence-electron chi connectivity index (χ3n) is 5.14. The molecular weight excluding hydrogens is 356 g/mol. The average Bonchev–Trinajstić information content (AvgIpc) is 2.75. The molecule has 1 saturated heterocycles. The van der Waals surface area contributed by atoms with Gasteiger partial charge in [0.05, 0.1) is 33.5 Å². The summed E-state index contributed by atoms with van der Waals surface area (Å²) in [4.78, 5) is 15.2. The zero-order valence-electron chi connectivity index (χ0n) is 16.7. The molecule has 6 nitrogen and oxygen atoms in total. The first kappa shape index (κ1) is 20.2.